The van der Waals surface area contributed by atoms with Gasteiger partial charge in [0.25, 0.3) is 0 Å². The summed E-state index contributed by atoms with van der Waals surface area (Å²) in [5.41, 5.74) is 5.17. The Kier molecular flexibility index (Phi) is 2.95. The quantitative estimate of drug-likeness (QED) is 0.592. The maximum absolute atomic E-state index is 12.1. The van der Waals surface area contributed by atoms with Gasteiger partial charge in [-0.2, -0.15) is 0 Å². The minimum Gasteiger partial charge on any atom is -0.393 e. The highest BCUT2D eigenvalue weighted by Gasteiger charge is 2.41. The van der Waals surface area contributed by atoms with Crippen LogP contribution in [0.1, 0.15) is 19.3 Å². The zero-order valence-corrected chi connectivity index (χ0v) is 8.82. The summed E-state index contributed by atoms with van der Waals surface area (Å²) in [6.45, 7) is 2.11. The largest absolute Gasteiger partial charge is 0.393 e. The van der Waals surface area contributed by atoms with E-state index in [1.165, 1.54) is 0 Å². The molecule has 1 atom stereocenters. The molecule has 2 fully saturated rings. The van der Waals surface area contributed by atoms with Gasteiger partial charge in [0.05, 0.1) is 12.7 Å². The normalized spacial score (nSPS) is 33.3. The van der Waals surface area contributed by atoms with E-state index in [0.717, 1.165) is 0 Å². The molecule has 2 aliphatic heterocycles. The van der Waals surface area contributed by atoms with Gasteiger partial charge in [-0.25, -0.2) is 0 Å². The number of aliphatic hydroxyl groups is 1. The van der Waals surface area contributed by atoms with Crippen molar-refractivity contribution >= 4 is 5.91 Å². The number of nitrogens with two attached hydrogens (primary N) is 1. The van der Waals surface area contributed by atoms with Crippen LogP contribution in [0.2, 0.25) is 0 Å². The number of hydrogen-bond donors (Lipinski definition) is 2. The molecule has 0 bridgehead atoms. The van der Waals surface area contributed by atoms with Crippen LogP contribution in [0.5, 0.6) is 0 Å². The Bertz CT molecular complexity index is 243. The highest BCUT2D eigenvalue weighted by atomic mass is 16.5. The SMILES string of the molecule is NC1(C(=O)N2CCC(O)CC2)CCOC1. The highest BCUT2D eigenvalue weighted by Crippen LogP contribution is 2.21. The lowest BCUT2D eigenvalue weighted by atomic mass is 9.96. The third kappa shape index (κ3) is 2.14. The number of rotatable bonds is 1. The number of piperidine rings is 1. The monoisotopic (exact) mass is 214 g/mol. The maximum Gasteiger partial charge on any atom is 0.245 e. The zero-order chi connectivity index (χ0) is 10.9. The minimum absolute atomic E-state index is 0.0214. The summed E-state index contributed by atoms with van der Waals surface area (Å²) in [7, 11) is 0. The topological polar surface area (TPSA) is 75.8 Å². The molecule has 2 heterocycles. The van der Waals surface area contributed by atoms with Crippen molar-refractivity contribution in [2.45, 2.75) is 30.9 Å². The zero-order valence-electron chi connectivity index (χ0n) is 8.82. The molecule has 5 heteroatoms. The molecule has 5 nitrogen and oxygen atoms in total. The van der Waals surface area contributed by atoms with Crippen molar-refractivity contribution in [1.82, 2.24) is 4.90 Å². The molecule has 3 N–H and O–H groups in total. The first-order valence-corrected chi connectivity index (χ1v) is 5.46. The van der Waals surface area contributed by atoms with Crippen LogP contribution in [-0.2, 0) is 9.53 Å². The molecule has 0 spiro atoms. The number of carbonyl (C=O) groups excluding carboxylic acids is 1. The van der Waals surface area contributed by atoms with Crippen LogP contribution < -0.4 is 5.73 Å². The van der Waals surface area contributed by atoms with Gasteiger partial charge in [-0.15, -0.1) is 0 Å². The van der Waals surface area contributed by atoms with Gasteiger partial charge in [-0.05, 0) is 19.3 Å². The summed E-state index contributed by atoms with van der Waals surface area (Å²) in [5.74, 6) is -0.0214. The number of nitrogens with zero attached hydrogens (tertiary/aromatic N) is 1. The van der Waals surface area contributed by atoms with E-state index in [4.69, 9.17) is 10.5 Å². The van der Waals surface area contributed by atoms with Crippen molar-refractivity contribution in [1.29, 1.82) is 0 Å². The number of hydrogen-bond acceptors (Lipinski definition) is 4. The fourth-order valence-electron chi connectivity index (χ4n) is 2.13. The van der Waals surface area contributed by atoms with Crippen molar-refractivity contribution in [2.75, 3.05) is 26.3 Å². The van der Waals surface area contributed by atoms with E-state index in [-0.39, 0.29) is 12.0 Å². The van der Waals surface area contributed by atoms with E-state index in [0.29, 0.717) is 45.6 Å². The van der Waals surface area contributed by atoms with Gasteiger partial charge < -0.3 is 20.5 Å². The predicted molar refractivity (Wildman–Crippen MR) is 54.2 cm³/mol. The molecular formula is C10H18N2O3. The Morgan fingerprint density at radius 1 is 1.47 bits per heavy atom. The van der Waals surface area contributed by atoms with Crippen LogP contribution in [0.4, 0.5) is 0 Å². The van der Waals surface area contributed by atoms with Gasteiger partial charge in [-0.3, -0.25) is 4.79 Å². The Balaban J connectivity index is 1.95. The number of aliphatic hydroxyl groups excluding tert-OH is 1. The van der Waals surface area contributed by atoms with Crippen molar-refractivity contribution in [3.63, 3.8) is 0 Å². The first kappa shape index (κ1) is 10.9. The Labute approximate surface area is 89.2 Å². The van der Waals surface area contributed by atoms with Crippen LogP contribution in [0.15, 0.2) is 0 Å². The Morgan fingerprint density at radius 3 is 2.67 bits per heavy atom. The minimum atomic E-state index is -0.817. The molecule has 0 aromatic carbocycles. The molecule has 0 aromatic rings. The summed E-state index contributed by atoms with van der Waals surface area (Å²) >= 11 is 0. The second-order valence-corrected chi connectivity index (χ2v) is 4.48. The molecule has 2 saturated heterocycles. The summed E-state index contributed by atoms with van der Waals surface area (Å²) < 4.78 is 5.17. The number of carbonyl (C=O) groups is 1. The van der Waals surface area contributed by atoms with Crippen LogP contribution >= 0.6 is 0 Å². The van der Waals surface area contributed by atoms with E-state index in [1.807, 2.05) is 0 Å². The van der Waals surface area contributed by atoms with Gasteiger partial charge in [0.15, 0.2) is 0 Å². The standard InChI is InChI=1S/C10H18N2O3/c11-10(3-6-15-7-10)9(14)12-4-1-8(13)2-5-12/h8,13H,1-7,11H2. The second kappa shape index (κ2) is 4.08. The molecule has 86 valence electrons. The van der Waals surface area contributed by atoms with Gasteiger partial charge >= 0.3 is 0 Å². The lowest BCUT2D eigenvalue weighted by Crippen LogP contribution is -2.57. The van der Waals surface area contributed by atoms with Crippen molar-refractivity contribution in [2.24, 2.45) is 5.73 Å². The molecule has 1 amide bonds. The first-order chi connectivity index (χ1) is 7.12. The molecular weight excluding hydrogens is 196 g/mol. The van der Waals surface area contributed by atoms with E-state index >= 15 is 0 Å². The fraction of sp³-hybridized carbons (Fsp3) is 0.900. The number of ether oxygens (including phenoxy) is 1. The molecule has 0 saturated carbocycles. The van der Waals surface area contributed by atoms with Crippen molar-refractivity contribution in [3.05, 3.63) is 0 Å². The van der Waals surface area contributed by atoms with Gasteiger partial charge in [-0.1, -0.05) is 0 Å². The highest BCUT2D eigenvalue weighted by molar-refractivity contribution is 5.86. The fourth-order valence-corrected chi connectivity index (χ4v) is 2.13. The molecule has 0 radical (unpaired) electrons. The number of likely N-dealkylation sites (tertiary alicyclic amines) is 1. The van der Waals surface area contributed by atoms with Gasteiger partial charge in [0, 0.05) is 19.7 Å². The van der Waals surface area contributed by atoms with Crippen molar-refractivity contribution < 1.29 is 14.6 Å². The molecule has 2 rings (SSSR count). The summed E-state index contributed by atoms with van der Waals surface area (Å²) in [5, 5.41) is 9.34. The molecule has 0 aliphatic carbocycles. The maximum atomic E-state index is 12.1. The molecule has 0 aromatic heterocycles. The van der Waals surface area contributed by atoms with Crippen molar-refractivity contribution in [3.8, 4) is 0 Å². The third-order valence-corrected chi connectivity index (χ3v) is 3.23. The van der Waals surface area contributed by atoms with Crippen LogP contribution in [-0.4, -0.2) is 53.9 Å². The van der Waals surface area contributed by atoms with E-state index in [1.54, 1.807) is 4.90 Å². The van der Waals surface area contributed by atoms with Gasteiger partial charge in [0.2, 0.25) is 5.91 Å². The average Bonchev–Trinajstić information content (AvgIpc) is 2.67. The lowest BCUT2D eigenvalue weighted by molar-refractivity contribution is -0.139. The number of amides is 1. The Hall–Kier alpha value is -0.650. The molecule has 15 heavy (non-hydrogen) atoms. The Morgan fingerprint density at radius 2 is 2.13 bits per heavy atom. The summed E-state index contributed by atoms with van der Waals surface area (Å²) in [6.07, 6.45) is 1.65. The van der Waals surface area contributed by atoms with Gasteiger partial charge in [0.1, 0.15) is 5.54 Å². The first-order valence-electron chi connectivity index (χ1n) is 5.46. The predicted octanol–water partition coefficient (Wildman–Crippen LogP) is -0.912. The van der Waals surface area contributed by atoms with Crippen LogP contribution in [0, 0.1) is 0 Å². The van der Waals surface area contributed by atoms with E-state index < -0.39 is 5.54 Å². The summed E-state index contributed by atoms with van der Waals surface area (Å²) in [6, 6.07) is 0. The van der Waals surface area contributed by atoms with Crippen LogP contribution in [0.3, 0.4) is 0 Å². The van der Waals surface area contributed by atoms with E-state index in [9.17, 15) is 9.90 Å². The second-order valence-electron chi connectivity index (χ2n) is 4.48. The average molecular weight is 214 g/mol. The lowest BCUT2D eigenvalue weighted by Gasteiger charge is -2.34. The molecule has 2 aliphatic rings. The molecule has 1 unspecified atom stereocenters. The van der Waals surface area contributed by atoms with Crippen LogP contribution in [0.25, 0.3) is 0 Å². The van der Waals surface area contributed by atoms with E-state index in [2.05, 4.69) is 0 Å². The smallest absolute Gasteiger partial charge is 0.245 e. The third-order valence-electron chi connectivity index (χ3n) is 3.23. The summed E-state index contributed by atoms with van der Waals surface area (Å²) in [4.78, 5) is 13.8.